The van der Waals surface area contributed by atoms with E-state index < -0.39 is 0 Å². The minimum atomic E-state index is -0.117. The number of piperazine rings is 1. The Labute approximate surface area is 148 Å². The van der Waals surface area contributed by atoms with Crippen LogP contribution in [-0.4, -0.2) is 47.8 Å². The van der Waals surface area contributed by atoms with Crippen molar-refractivity contribution in [1.82, 2.24) is 9.80 Å². The van der Waals surface area contributed by atoms with Gasteiger partial charge in [0.25, 0.3) is 5.91 Å². The Morgan fingerprint density at radius 2 is 1.56 bits per heavy atom. The molecular formula is C20H23N3O2. The van der Waals surface area contributed by atoms with Gasteiger partial charge >= 0.3 is 0 Å². The molecule has 2 aromatic carbocycles. The number of carbonyl (C=O) groups excluding carboxylic acids is 2. The maximum atomic E-state index is 12.6. The topological polar surface area (TPSA) is 52.7 Å². The van der Waals surface area contributed by atoms with Crippen LogP contribution in [0.1, 0.15) is 22.8 Å². The van der Waals surface area contributed by atoms with Crippen molar-refractivity contribution in [3.63, 3.8) is 0 Å². The van der Waals surface area contributed by atoms with Gasteiger partial charge in [-0.3, -0.25) is 14.5 Å². The predicted octanol–water partition coefficient (Wildman–Crippen LogP) is 2.60. The highest BCUT2D eigenvalue weighted by molar-refractivity contribution is 5.95. The molecule has 1 saturated heterocycles. The van der Waals surface area contributed by atoms with Crippen LogP contribution in [0.5, 0.6) is 0 Å². The summed E-state index contributed by atoms with van der Waals surface area (Å²) in [5, 5.41) is 2.71. The SMILES string of the molecule is CC(=O)Nc1ccc(C(=O)N2CCN(Cc3ccccc3)CC2)cc1. The monoisotopic (exact) mass is 337 g/mol. The number of anilines is 1. The summed E-state index contributed by atoms with van der Waals surface area (Å²) < 4.78 is 0. The van der Waals surface area contributed by atoms with Crippen LogP contribution in [0.3, 0.4) is 0 Å². The molecule has 1 aliphatic heterocycles. The third-order valence-electron chi connectivity index (χ3n) is 4.36. The predicted molar refractivity (Wildman–Crippen MR) is 98.4 cm³/mol. The van der Waals surface area contributed by atoms with E-state index in [4.69, 9.17) is 0 Å². The quantitative estimate of drug-likeness (QED) is 0.933. The van der Waals surface area contributed by atoms with Crippen molar-refractivity contribution in [3.8, 4) is 0 Å². The summed E-state index contributed by atoms with van der Waals surface area (Å²) in [6.45, 7) is 5.62. The number of benzene rings is 2. The first-order valence-electron chi connectivity index (χ1n) is 8.55. The van der Waals surface area contributed by atoms with Crippen molar-refractivity contribution in [1.29, 1.82) is 0 Å². The Bertz CT molecular complexity index is 720. The normalized spacial score (nSPS) is 15.0. The van der Waals surface area contributed by atoms with Gasteiger partial charge in [-0.15, -0.1) is 0 Å². The third-order valence-corrected chi connectivity index (χ3v) is 4.36. The number of hydrogen-bond donors (Lipinski definition) is 1. The molecule has 0 atom stereocenters. The fourth-order valence-electron chi connectivity index (χ4n) is 3.03. The van der Waals surface area contributed by atoms with Gasteiger partial charge in [0.05, 0.1) is 0 Å². The molecule has 25 heavy (non-hydrogen) atoms. The summed E-state index contributed by atoms with van der Waals surface area (Å²) in [6, 6.07) is 17.5. The summed E-state index contributed by atoms with van der Waals surface area (Å²) in [7, 11) is 0. The molecule has 0 aliphatic carbocycles. The van der Waals surface area contributed by atoms with Gasteiger partial charge < -0.3 is 10.2 Å². The van der Waals surface area contributed by atoms with E-state index in [1.54, 1.807) is 24.3 Å². The largest absolute Gasteiger partial charge is 0.336 e. The van der Waals surface area contributed by atoms with E-state index in [2.05, 4.69) is 34.5 Å². The molecule has 0 bridgehead atoms. The molecular weight excluding hydrogens is 314 g/mol. The second kappa shape index (κ2) is 7.94. The average Bonchev–Trinajstić information content (AvgIpc) is 2.63. The molecule has 5 nitrogen and oxygen atoms in total. The summed E-state index contributed by atoms with van der Waals surface area (Å²) in [5.74, 6) is -0.0673. The zero-order valence-corrected chi connectivity index (χ0v) is 14.4. The molecule has 2 aromatic rings. The maximum absolute atomic E-state index is 12.6. The van der Waals surface area contributed by atoms with Crippen molar-refractivity contribution in [3.05, 3.63) is 65.7 Å². The molecule has 5 heteroatoms. The van der Waals surface area contributed by atoms with E-state index >= 15 is 0 Å². The van der Waals surface area contributed by atoms with Gasteiger partial charge in [-0.2, -0.15) is 0 Å². The van der Waals surface area contributed by atoms with Crippen LogP contribution in [0, 0.1) is 0 Å². The van der Waals surface area contributed by atoms with Crippen LogP contribution in [0.2, 0.25) is 0 Å². The van der Waals surface area contributed by atoms with Crippen LogP contribution in [0.25, 0.3) is 0 Å². The van der Waals surface area contributed by atoms with Crippen molar-refractivity contribution in [2.24, 2.45) is 0 Å². The van der Waals surface area contributed by atoms with Crippen LogP contribution in [0.4, 0.5) is 5.69 Å². The Balaban J connectivity index is 1.53. The highest BCUT2D eigenvalue weighted by Crippen LogP contribution is 2.14. The first kappa shape index (κ1) is 17.2. The van der Waals surface area contributed by atoms with Crippen molar-refractivity contribution >= 4 is 17.5 Å². The Hall–Kier alpha value is -2.66. The molecule has 0 aromatic heterocycles. The number of hydrogen-bond acceptors (Lipinski definition) is 3. The molecule has 0 saturated carbocycles. The second-order valence-corrected chi connectivity index (χ2v) is 6.31. The molecule has 3 rings (SSSR count). The number of carbonyl (C=O) groups is 2. The maximum Gasteiger partial charge on any atom is 0.253 e. The molecule has 1 heterocycles. The molecule has 0 spiro atoms. The molecule has 0 radical (unpaired) electrons. The average molecular weight is 337 g/mol. The van der Waals surface area contributed by atoms with Crippen LogP contribution >= 0.6 is 0 Å². The zero-order valence-electron chi connectivity index (χ0n) is 14.4. The fraction of sp³-hybridized carbons (Fsp3) is 0.300. The highest BCUT2D eigenvalue weighted by Gasteiger charge is 2.22. The molecule has 2 amide bonds. The zero-order chi connectivity index (χ0) is 17.6. The lowest BCUT2D eigenvalue weighted by Gasteiger charge is -2.34. The van der Waals surface area contributed by atoms with Gasteiger partial charge in [-0.25, -0.2) is 0 Å². The smallest absolute Gasteiger partial charge is 0.253 e. The number of nitrogens with zero attached hydrogens (tertiary/aromatic N) is 2. The van der Waals surface area contributed by atoms with E-state index in [1.165, 1.54) is 12.5 Å². The molecule has 1 N–H and O–H groups in total. The molecule has 1 aliphatic rings. The summed E-state index contributed by atoms with van der Waals surface area (Å²) in [6.07, 6.45) is 0. The van der Waals surface area contributed by atoms with E-state index in [0.717, 1.165) is 32.7 Å². The number of amides is 2. The minimum absolute atomic E-state index is 0.0498. The summed E-state index contributed by atoms with van der Waals surface area (Å²) >= 11 is 0. The van der Waals surface area contributed by atoms with Crippen molar-refractivity contribution < 1.29 is 9.59 Å². The van der Waals surface area contributed by atoms with Gasteiger partial charge in [-0.05, 0) is 29.8 Å². The van der Waals surface area contributed by atoms with Crippen LogP contribution in [0.15, 0.2) is 54.6 Å². The summed E-state index contributed by atoms with van der Waals surface area (Å²) in [4.78, 5) is 27.9. The lowest BCUT2D eigenvalue weighted by atomic mass is 10.1. The van der Waals surface area contributed by atoms with E-state index in [1.807, 2.05) is 11.0 Å². The van der Waals surface area contributed by atoms with Crippen molar-refractivity contribution in [2.45, 2.75) is 13.5 Å². The molecule has 0 unspecified atom stereocenters. The van der Waals surface area contributed by atoms with Gasteiger partial charge in [0.15, 0.2) is 0 Å². The number of rotatable bonds is 4. The van der Waals surface area contributed by atoms with Crippen LogP contribution < -0.4 is 5.32 Å². The van der Waals surface area contributed by atoms with Gasteiger partial charge in [0, 0.05) is 50.9 Å². The standard InChI is InChI=1S/C20H23N3O2/c1-16(24)21-19-9-7-18(8-10-19)20(25)23-13-11-22(12-14-23)15-17-5-3-2-4-6-17/h2-10H,11-15H2,1H3,(H,21,24). The highest BCUT2D eigenvalue weighted by atomic mass is 16.2. The lowest BCUT2D eigenvalue weighted by Crippen LogP contribution is -2.48. The van der Waals surface area contributed by atoms with Gasteiger partial charge in [0.1, 0.15) is 0 Å². The minimum Gasteiger partial charge on any atom is -0.336 e. The van der Waals surface area contributed by atoms with E-state index in [0.29, 0.717) is 11.3 Å². The Morgan fingerprint density at radius 1 is 0.920 bits per heavy atom. The van der Waals surface area contributed by atoms with E-state index in [9.17, 15) is 9.59 Å². The second-order valence-electron chi connectivity index (χ2n) is 6.31. The first-order chi connectivity index (χ1) is 12.1. The lowest BCUT2D eigenvalue weighted by molar-refractivity contribution is -0.114. The fourth-order valence-corrected chi connectivity index (χ4v) is 3.03. The van der Waals surface area contributed by atoms with Gasteiger partial charge in [0.2, 0.25) is 5.91 Å². The van der Waals surface area contributed by atoms with Crippen molar-refractivity contribution in [2.75, 3.05) is 31.5 Å². The Morgan fingerprint density at radius 3 is 2.16 bits per heavy atom. The van der Waals surface area contributed by atoms with E-state index in [-0.39, 0.29) is 11.8 Å². The first-order valence-corrected chi connectivity index (χ1v) is 8.55. The summed E-state index contributed by atoms with van der Waals surface area (Å²) in [5.41, 5.74) is 2.66. The van der Waals surface area contributed by atoms with Gasteiger partial charge in [-0.1, -0.05) is 30.3 Å². The van der Waals surface area contributed by atoms with Crippen LogP contribution in [-0.2, 0) is 11.3 Å². The number of nitrogens with one attached hydrogen (secondary N) is 1. The molecule has 130 valence electrons. The molecule has 1 fully saturated rings. The Kier molecular flexibility index (Phi) is 5.46. The third kappa shape index (κ3) is 4.67.